The monoisotopic (exact) mass is 399 g/mol. The minimum absolute atomic E-state index is 0.120. The number of nitro benzene ring substituents is 1. The maximum absolute atomic E-state index is 12.2. The Morgan fingerprint density at radius 1 is 1.14 bits per heavy atom. The molecule has 0 bridgehead atoms. The molecule has 0 saturated heterocycles. The second kappa shape index (κ2) is 8.59. The fourth-order valence-corrected chi connectivity index (χ4v) is 2.92. The van der Waals surface area contributed by atoms with Crippen molar-refractivity contribution in [3.63, 3.8) is 0 Å². The Hall–Kier alpha value is -3.62. The van der Waals surface area contributed by atoms with E-state index in [4.69, 9.17) is 9.47 Å². The van der Waals surface area contributed by atoms with E-state index < -0.39 is 10.8 Å². The average molecular weight is 399 g/mol. The topological polar surface area (TPSA) is 120 Å². The lowest BCUT2D eigenvalue weighted by Gasteiger charge is -2.21. The van der Waals surface area contributed by atoms with Gasteiger partial charge in [-0.25, -0.2) is 0 Å². The molecule has 2 amide bonds. The van der Waals surface area contributed by atoms with Crippen LogP contribution in [0.25, 0.3) is 0 Å². The second-order valence-corrected chi connectivity index (χ2v) is 6.63. The molecule has 1 unspecified atom stereocenters. The maximum Gasteiger partial charge on any atom is 0.273 e. The second-order valence-electron chi connectivity index (χ2n) is 6.63. The summed E-state index contributed by atoms with van der Waals surface area (Å²) in [5.41, 5.74) is 1.27. The van der Waals surface area contributed by atoms with Crippen molar-refractivity contribution in [1.29, 1.82) is 0 Å². The van der Waals surface area contributed by atoms with Crippen molar-refractivity contribution in [1.82, 2.24) is 10.6 Å². The van der Waals surface area contributed by atoms with Gasteiger partial charge in [0.2, 0.25) is 5.91 Å². The van der Waals surface area contributed by atoms with Gasteiger partial charge in [-0.05, 0) is 37.6 Å². The summed E-state index contributed by atoms with van der Waals surface area (Å²) in [5.74, 6) is 0.347. The number of amides is 2. The number of nitrogens with one attached hydrogen (secondary N) is 2. The summed E-state index contributed by atoms with van der Waals surface area (Å²) in [6.07, 6.45) is 0. The van der Waals surface area contributed by atoms with Crippen molar-refractivity contribution < 1.29 is 24.0 Å². The average Bonchev–Trinajstić information content (AvgIpc) is 2.71. The lowest BCUT2D eigenvalue weighted by atomic mass is 10.1. The van der Waals surface area contributed by atoms with Gasteiger partial charge in [-0.15, -0.1) is 0 Å². The summed E-state index contributed by atoms with van der Waals surface area (Å²) in [6.45, 7) is 4.12. The zero-order chi connectivity index (χ0) is 21.0. The fraction of sp³-hybridized carbons (Fsp3) is 0.300. The maximum atomic E-state index is 12.2. The highest BCUT2D eigenvalue weighted by molar-refractivity contribution is 5.97. The molecule has 1 aliphatic rings. The third-order valence-electron chi connectivity index (χ3n) is 4.52. The Kier molecular flexibility index (Phi) is 5.96. The number of benzene rings is 2. The third kappa shape index (κ3) is 4.81. The number of nitrogens with zero attached hydrogens (tertiary/aromatic N) is 1. The molecule has 9 heteroatoms. The van der Waals surface area contributed by atoms with Crippen LogP contribution in [-0.2, 0) is 4.79 Å². The van der Waals surface area contributed by atoms with Crippen LogP contribution < -0.4 is 20.1 Å². The molecule has 9 nitrogen and oxygen atoms in total. The largest absolute Gasteiger partial charge is 0.486 e. The predicted octanol–water partition coefficient (Wildman–Crippen LogP) is 2.28. The van der Waals surface area contributed by atoms with E-state index in [9.17, 15) is 19.7 Å². The summed E-state index contributed by atoms with van der Waals surface area (Å²) in [7, 11) is 0. The van der Waals surface area contributed by atoms with Crippen LogP contribution in [-0.4, -0.2) is 36.5 Å². The fourth-order valence-electron chi connectivity index (χ4n) is 2.92. The zero-order valence-electron chi connectivity index (χ0n) is 16.1. The Labute approximate surface area is 167 Å². The van der Waals surface area contributed by atoms with E-state index in [1.165, 1.54) is 18.2 Å². The number of carbonyl (C=O) groups excluding carboxylic acids is 2. The van der Waals surface area contributed by atoms with E-state index in [0.717, 1.165) is 5.56 Å². The van der Waals surface area contributed by atoms with E-state index in [1.54, 1.807) is 13.0 Å². The highest BCUT2D eigenvalue weighted by Crippen LogP contribution is 2.32. The van der Waals surface area contributed by atoms with Crippen molar-refractivity contribution >= 4 is 17.5 Å². The van der Waals surface area contributed by atoms with Crippen LogP contribution in [0.4, 0.5) is 5.69 Å². The summed E-state index contributed by atoms with van der Waals surface area (Å²) >= 11 is 0. The molecule has 2 aromatic rings. The number of carbonyl (C=O) groups is 2. The van der Waals surface area contributed by atoms with Crippen LogP contribution in [0.3, 0.4) is 0 Å². The zero-order valence-corrected chi connectivity index (χ0v) is 16.1. The molecule has 0 saturated carbocycles. The molecule has 1 heterocycles. The predicted molar refractivity (Wildman–Crippen MR) is 104 cm³/mol. The van der Waals surface area contributed by atoms with Gasteiger partial charge in [0.05, 0.1) is 17.5 Å². The molecule has 1 aliphatic heterocycles. The molecule has 2 N–H and O–H groups in total. The van der Waals surface area contributed by atoms with Crippen molar-refractivity contribution in [2.24, 2.45) is 0 Å². The van der Waals surface area contributed by atoms with Crippen LogP contribution in [0.5, 0.6) is 11.5 Å². The Morgan fingerprint density at radius 2 is 1.86 bits per heavy atom. The van der Waals surface area contributed by atoms with E-state index in [2.05, 4.69) is 10.6 Å². The number of hydrogen-bond acceptors (Lipinski definition) is 6. The van der Waals surface area contributed by atoms with Gasteiger partial charge in [-0.1, -0.05) is 12.1 Å². The van der Waals surface area contributed by atoms with Crippen LogP contribution in [0.15, 0.2) is 36.4 Å². The first kappa shape index (κ1) is 20.1. The molecule has 0 aromatic heterocycles. The molecule has 0 aliphatic carbocycles. The molecule has 3 rings (SSSR count). The minimum Gasteiger partial charge on any atom is -0.486 e. The number of fused-ring (bicyclic) bond motifs is 1. The summed E-state index contributed by atoms with van der Waals surface area (Å²) in [6, 6.07) is 9.30. The number of ether oxygens (including phenoxy) is 2. The van der Waals surface area contributed by atoms with Crippen LogP contribution in [0.1, 0.15) is 34.5 Å². The lowest BCUT2D eigenvalue weighted by Crippen LogP contribution is -2.38. The van der Waals surface area contributed by atoms with Crippen LogP contribution in [0, 0.1) is 17.0 Å². The number of nitro groups is 1. The number of hydrogen-bond donors (Lipinski definition) is 2. The smallest absolute Gasteiger partial charge is 0.273 e. The molecular weight excluding hydrogens is 378 g/mol. The minimum atomic E-state index is -0.560. The SMILES string of the molecule is Cc1ccc(C(=O)NCC(=O)NC(C)c2ccc3c(c2)OCCO3)cc1[N+](=O)[O-]. The van der Waals surface area contributed by atoms with E-state index in [-0.39, 0.29) is 29.7 Å². The lowest BCUT2D eigenvalue weighted by molar-refractivity contribution is -0.385. The van der Waals surface area contributed by atoms with E-state index in [1.807, 2.05) is 19.1 Å². The highest BCUT2D eigenvalue weighted by Gasteiger charge is 2.18. The molecule has 0 spiro atoms. The van der Waals surface area contributed by atoms with E-state index >= 15 is 0 Å². The van der Waals surface area contributed by atoms with Crippen molar-refractivity contribution in [2.45, 2.75) is 19.9 Å². The first-order chi connectivity index (χ1) is 13.8. The Balaban J connectivity index is 1.56. The van der Waals surface area contributed by atoms with Gasteiger partial charge in [0, 0.05) is 17.2 Å². The molecule has 29 heavy (non-hydrogen) atoms. The van der Waals surface area contributed by atoms with Crippen molar-refractivity contribution in [2.75, 3.05) is 19.8 Å². The first-order valence-electron chi connectivity index (χ1n) is 9.07. The number of rotatable bonds is 6. The van der Waals surface area contributed by atoms with Gasteiger partial charge < -0.3 is 20.1 Å². The Morgan fingerprint density at radius 3 is 2.59 bits per heavy atom. The molecule has 1 atom stereocenters. The summed E-state index contributed by atoms with van der Waals surface area (Å²) in [5, 5.41) is 16.3. The molecule has 0 radical (unpaired) electrons. The quantitative estimate of drug-likeness (QED) is 0.568. The standard InChI is InChI=1S/C20H21N3O6/c1-12-3-4-15(9-16(12)23(26)27)20(25)21-11-19(24)22-13(2)14-5-6-17-18(10-14)29-8-7-28-17/h3-6,9-10,13H,7-8,11H2,1-2H3,(H,21,25)(H,22,24). The van der Waals surface area contributed by atoms with Crippen LogP contribution in [0.2, 0.25) is 0 Å². The molecule has 0 fully saturated rings. The normalized spacial score (nSPS) is 13.3. The van der Waals surface area contributed by atoms with Crippen molar-refractivity contribution in [3.8, 4) is 11.5 Å². The van der Waals surface area contributed by atoms with Gasteiger partial charge in [-0.2, -0.15) is 0 Å². The van der Waals surface area contributed by atoms with Crippen molar-refractivity contribution in [3.05, 3.63) is 63.2 Å². The van der Waals surface area contributed by atoms with E-state index in [0.29, 0.717) is 30.3 Å². The summed E-state index contributed by atoms with van der Waals surface area (Å²) in [4.78, 5) is 34.9. The molecule has 152 valence electrons. The van der Waals surface area contributed by atoms with Gasteiger partial charge in [0.1, 0.15) is 13.2 Å². The van der Waals surface area contributed by atoms with Gasteiger partial charge in [0.25, 0.3) is 11.6 Å². The molecule has 2 aromatic carbocycles. The highest BCUT2D eigenvalue weighted by atomic mass is 16.6. The van der Waals surface area contributed by atoms with Gasteiger partial charge in [-0.3, -0.25) is 19.7 Å². The Bertz CT molecular complexity index is 959. The number of aryl methyl sites for hydroxylation is 1. The third-order valence-corrected chi connectivity index (χ3v) is 4.52. The van der Waals surface area contributed by atoms with Gasteiger partial charge in [0.15, 0.2) is 11.5 Å². The first-order valence-corrected chi connectivity index (χ1v) is 9.07. The summed E-state index contributed by atoms with van der Waals surface area (Å²) < 4.78 is 11.0. The van der Waals surface area contributed by atoms with Gasteiger partial charge >= 0.3 is 0 Å². The molecular formula is C20H21N3O6. The van der Waals surface area contributed by atoms with Crippen LogP contribution >= 0.6 is 0 Å².